The van der Waals surface area contributed by atoms with Crippen molar-refractivity contribution < 1.29 is 10.2 Å². The number of nitriles is 1. The maximum Gasteiger partial charge on any atom is 0.281 e. The molecule has 1 aromatic carbocycles. The summed E-state index contributed by atoms with van der Waals surface area (Å²) in [5, 5.41) is 36.8. The number of nitrogens with zero attached hydrogens (tertiary/aromatic N) is 4. The van der Waals surface area contributed by atoms with Crippen molar-refractivity contribution >= 4 is 11.4 Å². The molecular formula is C17H18N4O3. The van der Waals surface area contributed by atoms with Crippen LogP contribution in [0.4, 0.5) is 11.4 Å². The number of rotatable bonds is 4. The molecule has 0 amide bonds. The highest BCUT2D eigenvalue weighted by molar-refractivity contribution is 5.56. The molecule has 0 fully saturated rings. The van der Waals surface area contributed by atoms with Gasteiger partial charge in [-0.2, -0.15) is 10.4 Å². The van der Waals surface area contributed by atoms with Crippen LogP contribution >= 0.6 is 0 Å². The van der Waals surface area contributed by atoms with Crippen molar-refractivity contribution in [2.24, 2.45) is 10.2 Å². The predicted molar refractivity (Wildman–Crippen MR) is 88.9 cm³/mol. The van der Waals surface area contributed by atoms with Crippen molar-refractivity contribution in [1.29, 1.82) is 5.26 Å². The Hall–Kier alpha value is -2.98. The van der Waals surface area contributed by atoms with Gasteiger partial charge in [0.05, 0.1) is 18.3 Å². The average Bonchev–Trinajstić information content (AvgIpc) is 2.53. The Bertz CT molecular complexity index is 875. The summed E-state index contributed by atoms with van der Waals surface area (Å²) in [6.45, 7) is 4.80. The zero-order valence-electron chi connectivity index (χ0n) is 13.7. The van der Waals surface area contributed by atoms with Crippen LogP contribution in [-0.2, 0) is 6.54 Å². The molecule has 0 saturated heterocycles. The van der Waals surface area contributed by atoms with Gasteiger partial charge in [0, 0.05) is 5.56 Å². The SMILES string of the molecule is Cc1ccc(N=Nc2c(C)c(C#N)c(O)n(CC(C)O)c2=O)cc1. The fraction of sp³-hybridized carbons (Fsp3) is 0.294. The zero-order valence-corrected chi connectivity index (χ0v) is 13.7. The van der Waals surface area contributed by atoms with E-state index in [0.717, 1.165) is 10.1 Å². The van der Waals surface area contributed by atoms with Crippen LogP contribution in [0.5, 0.6) is 5.88 Å². The van der Waals surface area contributed by atoms with Crippen molar-refractivity contribution in [2.75, 3.05) is 0 Å². The summed E-state index contributed by atoms with van der Waals surface area (Å²) in [6, 6.07) is 9.10. The molecule has 1 unspecified atom stereocenters. The molecule has 2 rings (SSSR count). The third-order valence-electron chi connectivity index (χ3n) is 3.52. The number of hydrogen-bond acceptors (Lipinski definition) is 6. The van der Waals surface area contributed by atoms with Gasteiger partial charge in [0.2, 0.25) is 5.88 Å². The predicted octanol–water partition coefficient (Wildman–Crippen LogP) is 2.84. The Balaban J connectivity index is 2.58. The van der Waals surface area contributed by atoms with Crippen molar-refractivity contribution in [2.45, 2.75) is 33.4 Å². The molecule has 0 aliphatic carbocycles. The number of aryl methyl sites for hydroxylation is 1. The van der Waals surface area contributed by atoms with Crippen molar-refractivity contribution in [1.82, 2.24) is 4.57 Å². The monoisotopic (exact) mass is 326 g/mol. The smallest absolute Gasteiger partial charge is 0.281 e. The van der Waals surface area contributed by atoms with Crippen LogP contribution in [0.2, 0.25) is 0 Å². The molecule has 0 aliphatic heterocycles. The number of benzene rings is 1. The lowest BCUT2D eigenvalue weighted by Crippen LogP contribution is -2.26. The summed E-state index contributed by atoms with van der Waals surface area (Å²) in [5.41, 5.74) is 1.17. The summed E-state index contributed by atoms with van der Waals surface area (Å²) < 4.78 is 0.930. The summed E-state index contributed by atoms with van der Waals surface area (Å²) >= 11 is 0. The van der Waals surface area contributed by atoms with E-state index in [0.29, 0.717) is 5.69 Å². The number of azo groups is 1. The van der Waals surface area contributed by atoms with Crippen LogP contribution in [0.1, 0.15) is 23.6 Å². The van der Waals surface area contributed by atoms with Gasteiger partial charge in [-0.05, 0) is 32.9 Å². The van der Waals surface area contributed by atoms with E-state index in [1.807, 2.05) is 25.1 Å². The van der Waals surface area contributed by atoms with Gasteiger partial charge in [-0.1, -0.05) is 17.7 Å². The quantitative estimate of drug-likeness (QED) is 0.841. The second-order valence-corrected chi connectivity index (χ2v) is 5.58. The van der Waals surface area contributed by atoms with Gasteiger partial charge in [0.15, 0.2) is 5.69 Å². The van der Waals surface area contributed by atoms with Crippen molar-refractivity contribution in [3.63, 3.8) is 0 Å². The number of aromatic nitrogens is 1. The lowest BCUT2D eigenvalue weighted by molar-refractivity contribution is 0.167. The molecule has 0 spiro atoms. The number of aliphatic hydroxyl groups excluding tert-OH is 1. The Labute approximate surface area is 139 Å². The van der Waals surface area contributed by atoms with Gasteiger partial charge < -0.3 is 10.2 Å². The van der Waals surface area contributed by atoms with Gasteiger partial charge in [-0.15, -0.1) is 5.11 Å². The van der Waals surface area contributed by atoms with Gasteiger partial charge in [0.25, 0.3) is 5.56 Å². The normalized spacial score (nSPS) is 12.3. The first-order chi connectivity index (χ1) is 11.3. The molecule has 0 bridgehead atoms. The Morgan fingerprint density at radius 3 is 2.42 bits per heavy atom. The fourth-order valence-corrected chi connectivity index (χ4v) is 2.21. The highest BCUT2D eigenvalue weighted by atomic mass is 16.3. The van der Waals surface area contributed by atoms with Crippen molar-refractivity contribution in [3.8, 4) is 11.9 Å². The second-order valence-electron chi connectivity index (χ2n) is 5.58. The third kappa shape index (κ3) is 3.50. The first-order valence-electron chi connectivity index (χ1n) is 7.38. The summed E-state index contributed by atoms with van der Waals surface area (Å²) in [4.78, 5) is 12.5. The molecule has 24 heavy (non-hydrogen) atoms. The fourth-order valence-electron chi connectivity index (χ4n) is 2.21. The molecule has 1 aromatic heterocycles. The van der Waals surface area contributed by atoms with Crippen LogP contribution in [0.25, 0.3) is 0 Å². The number of hydrogen-bond donors (Lipinski definition) is 2. The van der Waals surface area contributed by atoms with E-state index < -0.39 is 17.5 Å². The van der Waals surface area contributed by atoms with E-state index in [9.17, 15) is 20.3 Å². The zero-order chi connectivity index (χ0) is 17.9. The number of pyridine rings is 1. The Morgan fingerprint density at radius 1 is 1.25 bits per heavy atom. The van der Waals surface area contributed by atoms with Gasteiger partial charge in [-0.3, -0.25) is 9.36 Å². The Kier molecular flexibility index (Phi) is 5.11. The maximum absolute atomic E-state index is 12.5. The maximum atomic E-state index is 12.5. The van der Waals surface area contributed by atoms with Crippen LogP contribution in [0.15, 0.2) is 39.3 Å². The van der Waals surface area contributed by atoms with Gasteiger partial charge in [-0.25, -0.2) is 0 Å². The van der Waals surface area contributed by atoms with Gasteiger partial charge in [0.1, 0.15) is 11.6 Å². The van der Waals surface area contributed by atoms with E-state index in [4.69, 9.17) is 0 Å². The minimum absolute atomic E-state index is 0.0365. The van der Waals surface area contributed by atoms with E-state index in [-0.39, 0.29) is 23.4 Å². The van der Waals surface area contributed by atoms with E-state index in [1.165, 1.54) is 13.8 Å². The molecule has 7 heteroatoms. The molecule has 0 aliphatic rings. The van der Waals surface area contributed by atoms with Crippen LogP contribution in [0, 0.1) is 25.2 Å². The first kappa shape index (κ1) is 17.4. The molecule has 2 N–H and O–H groups in total. The lowest BCUT2D eigenvalue weighted by atomic mass is 10.1. The van der Waals surface area contributed by atoms with E-state index in [2.05, 4.69) is 10.2 Å². The molecule has 124 valence electrons. The second kappa shape index (κ2) is 7.06. The standard InChI is InChI=1S/C17H18N4O3/c1-10-4-6-13(7-5-10)19-20-15-12(3)14(8-18)16(23)21(17(15)24)9-11(2)22/h4-7,11,22-23H,9H2,1-3H3. The summed E-state index contributed by atoms with van der Waals surface area (Å²) in [7, 11) is 0. The molecule has 1 atom stereocenters. The first-order valence-corrected chi connectivity index (χ1v) is 7.38. The molecule has 1 heterocycles. The molecule has 7 nitrogen and oxygen atoms in total. The highest BCUT2D eigenvalue weighted by Gasteiger charge is 2.19. The highest BCUT2D eigenvalue weighted by Crippen LogP contribution is 2.27. The van der Waals surface area contributed by atoms with Crippen LogP contribution in [-0.4, -0.2) is 20.9 Å². The average molecular weight is 326 g/mol. The topological polar surface area (TPSA) is 111 Å². The van der Waals surface area contributed by atoms with Crippen LogP contribution < -0.4 is 5.56 Å². The molecule has 0 saturated carbocycles. The number of aromatic hydroxyl groups is 1. The minimum Gasteiger partial charge on any atom is -0.493 e. The van der Waals surface area contributed by atoms with E-state index >= 15 is 0 Å². The summed E-state index contributed by atoms with van der Waals surface area (Å²) in [5.74, 6) is -0.477. The Morgan fingerprint density at radius 2 is 1.88 bits per heavy atom. The largest absolute Gasteiger partial charge is 0.493 e. The molecule has 2 aromatic rings. The van der Waals surface area contributed by atoms with Gasteiger partial charge >= 0.3 is 0 Å². The lowest BCUT2D eigenvalue weighted by Gasteiger charge is -2.14. The molecule has 0 radical (unpaired) electrons. The minimum atomic E-state index is -0.871. The van der Waals surface area contributed by atoms with Crippen LogP contribution in [0.3, 0.4) is 0 Å². The number of aliphatic hydroxyl groups is 1. The van der Waals surface area contributed by atoms with Crippen molar-refractivity contribution in [3.05, 3.63) is 51.3 Å². The van der Waals surface area contributed by atoms with E-state index in [1.54, 1.807) is 12.1 Å². The molecular weight excluding hydrogens is 308 g/mol. The summed E-state index contributed by atoms with van der Waals surface area (Å²) in [6.07, 6.45) is -0.871. The third-order valence-corrected chi connectivity index (χ3v) is 3.52.